The Kier molecular flexibility index (Phi) is 2.14. The molecule has 0 aliphatic rings. The summed E-state index contributed by atoms with van der Waals surface area (Å²) in [5.41, 5.74) is 1.41. The third-order valence-electron chi connectivity index (χ3n) is 1.39. The summed E-state index contributed by atoms with van der Waals surface area (Å²) in [7, 11) is 0. The molecule has 0 radical (unpaired) electrons. The van der Waals surface area contributed by atoms with Crippen LogP contribution >= 0.6 is 43.5 Å². The number of fused-ring (bicyclic) bond motifs is 1. The summed E-state index contributed by atoms with van der Waals surface area (Å²) >= 11 is 12.3. The largest absolute Gasteiger partial charge is 0.427 e. The van der Waals surface area contributed by atoms with Crippen molar-refractivity contribution >= 4 is 54.6 Å². The normalized spacial score (nSPS) is 10.9. The van der Waals surface area contributed by atoms with E-state index in [1.807, 2.05) is 12.1 Å². The van der Waals surface area contributed by atoms with E-state index in [2.05, 4.69) is 36.8 Å². The molecule has 0 aliphatic carbocycles. The van der Waals surface area contributed by atoms with Gasteiger partial charge < -0.3 is 4.42 Å². The highest BCUT2D eigenvalue weighted by molar-refractivity contribution is 9.11. The van der Waals surface area contributed by atoms with Crippen molar-refractivity contribution in [3.05, 3.63) is 26.4 Å². The van der Waals surface area contributed by atoms with Gasteiger partial charge in [0.25, 0.3) is 5.35 Å². The molecule has 0 bridgehead atoms. The monoisotopic (exact) mass is 309 g/mol. The van der Waals surface area contributed by atoms with Crippen molar-refractivity contribution in [3.8, 4) is 0 Å². The molecule has 2 nitrogen and oxygen atoms in total. The van der Waals surface area contributed by atoms with E-state index in [0.29, 0.717) is 5.58 Å². The van der Waals surface area contributed by atoms with Crippen LogP contribution in [0.3, 0.4) is 0 Å². The van der Waals surface area contributed by atoms with Gasteiger partial charge in [0, 0.05) is 8.95 Å². The van der Waals surface area contributed by atoms with Crippen LogP contribution in [0.4, 0.5) is 0 Å². The smallest absolute Gasteiger partial charge is 0.293 e. The maximum atomic E-state index is 5.59. The van der Waals surface area contributed by atoms with Gasteiger partial charge in [-0.25, -0.2) is 0 Å². The lowest BCUT2D eigenvalue weighted by Gasteiger charge is -1.91. The van der Waals surface area contributed by atoms with Crippen LogP contribution in [-0.4, -0.2) is 4.98 Å². The van der Waals surface area contributed by atoms with E-state index in [0.717, 1.165) is 14.5 Å². The van der Waals surface area contributed by atoms with Crippen LogP contribution in [0.15, 0.2) is 25.5 Å². The maximum Gasteiger partial charge on any atom is 0.293 e. The summed E-state index contributed by atoms with van der Waals surface area (Å²) < 4.78 is 6.91. The van der Waals surface area contributed by atoms with Crippen molar-refractivity contribution in [2.75, 3.05) is 0 Å². The number of oxazole rings is 1. The van der Waals surface area contributed by atoms with Gasteiger partial charge >= 0.3 is 0 Å². The second-order valence-corrected chi connectivity index (χ2v) is 4.29. The standard InChI is InChI=1S/C7H2Br2ClNO/c8-3-1-4(9)6-5(2-3)12-7(10)11-6/h1-2H. The summed E-state index contributed by atoms with van der Waals surface area (Å²) in [6, 6.07) is 3.71. The highest BCUT2D eigenvalue weighted by Gasteiger charge is 2.07. The number of hydrogen-bond donors (Lipinski definition) is 0. The third kappa shape index (κ3) is 1.39. The minimum absolute atomic E-state index is 0.156. The molecule has 2 aromatic rings. The molecule has 2 rings (SSSR count). The molecule has 1 aromatic carbocycles. The van der Waals surface area contributed by atoms with Crippen molar-refractivity contribution in [1.82, 2.24) is 4.98 Å². The van der Waals surface area contributed by atoms with Gasteiger partial charge in [0.2, 0.25) is 0 Å². The molecule has 62 valence electrons. The first kappa shape index (κ1) is 8.53. The average molecular weight is 311 g/mol. The predicted molar refractivity (Wildman–Crippen MR) is 54.4 cm³/mol. The van der Waals surface area contributed by atoms with E-state index in [-0.39, 0.29) is 5.35 Å². The van der Waals surface area contributed by atoms with Gasteiger partial charge in [0.1, 0.15) is 5.52 Å². The van der Waals surface area contributed by atoms with E-state index < -0.39 is 0 Å². The first-order valence-corrected chi connectivity index (χ1v) is 5.04. The molecule has 0 N–H and O–H groups in total. The van der Waals surface area contributed by atoms with Gasteiger partial charge in [-0.3, -0.25) is 0 Å². The van der Waals surface area contributed by atoms with E-state index in [1.54, 1.807) is 0 Å². The summed E-state index contributed by atoms with van der Waals surface area (Å²) in [5.74, 6) is 0. The molecule has 0 amide bonds. The molecule has 12 heavy (non-hydrogen) atoms. The molecule has 0 atom stereocenters. The highest BCUT2D eigenvalue weighted by atomic mass is 79.9. The lowest BCUT2D eigenvalue weighted by molar-refractivity contribution is 0.604. The van der Waals surface area contributed by atoms with Crippen LogP contribution in [0.5, 0.6) is 0 Å². The Morgan fingerprint density at radius 2 is 2.08 bits per heavy atom. The fourth-order valence-corrected chi connectivity index (χ4v) is 2.37. The SMILES string of the molecule is Clc1nc2c(Br)cc(Br)cc2o1. The number of benzene rings is 1. The zero-order valence-corrected chi connectivity index (χ0v) is 9.57. The number of halogens is 3. The van der Waals surface area contributed by atoms with Crippen LogP contribution in [0, 0.1) is 0 Å². The fraction of sp³-hybridized carbons (Fsp3) is 0. The molecule has 0 unspecified atom stereocenters. The summed E-state index contributed by atoms with van der Waals surface area (Å²) in [4.78, 5) is 3.98. The molecule has 0 fully saturated rings. The van der Waals surface area contributed by atoms with Crippen molar-refractivity contribution in [3.63, 3.8) is 0 Å². The Labute approximate surface area is 90.2 Å². The first-order valence-electron chi connectivity index (χ1n) is 3.08. The molecule has 0 spiro atoms. The van der Waals surface area contributed by atoms with Crippen LogP contribution in [0.2, 0.25) is 5.35 Å². The molecule has 5 heteroatoms. The lowest BCUT2D eigenvalue weighted by atomic mass is 10.3. The third-order valence-corrected chi connectivity index (χ3v) is 2.61. The van der Waals surface area contributed by atoms with Crippen molar-refractivity contribution in [2.45, 2.75) is 0 Å². The predicted octanol–water partition coefficient (Wildman–Crippen LogP) is 4.01. The lowest BCUT2D eigenvalue weighted by Crippen LogP contribution is -1.71. The molecule has 0 saturated carbocycles. The molecule has 0 saturated heterocycles. The number of rotatable bonds is 0. The second-order valence-electron chi connectivity index (χ2n) is 2.20. The van der Waals surface area contributed by atoms with E-state index in [4.69, 9.17) is 16.0 Å². The Bertz CT molecular complexity index is 440. The quantitative estimate of drug-likeness (QED) is 0.735. The van der Waals surface area contributed by atoms with E-state index in [1.165, 1.54) is 0 Å². The van der Waals surface area contributed by atoms with Crippen molar-refractivity contribution < 1.29 is 4.42 Å². The zero-order chi connectivity index (χ0) is 8.72. The average Bonchev–Trinajstić information content (AvgIpc) is 2.29. The summed E-state index contributed by atoms with van der Waals surface area (Å²) in [6.07, 6.45) is 0. The first-order chi connectivity index (χ1) is 5.66. The Morgan fingerprint density at radius 3 is 2.83 bits per heavy atom. The second kappa shape index (κ2) is 3.01. The Balaban J connectivity index is 2.88. The van der Waals surface area contributed by atoms with Gasteiger partial charge in [0.15, 0.2) is 5.58 Å². The topological polar surface area (TPSA) is 26.0 Å². The van der Waals surface area contributed by atoms with E-state index >= 15 is 0 Å². The van der Waals surface area contributed by atoms with Gasteiger partial charge in [0.05, 0.1) is 0 Å². The van der Waals surface area contributed by atoms with E-state index in [9.17, 15) is 0 Å². The van der Waals surface area contributed by atoms with Crippen molar-refractivity contribution in [2.24, 2.45) is 0 Å². The Hall–Kier alpha value is -0.0600. The number of nitrogens with zero attached hydrogens (tertiary/aromatic N) is 1. The minimum atomic E-state index is 0.156. The van der Waals surface area contributed by atoms with Gasteiger partial charge in [-0.15, -0.1) is 0 Å². The van der Waals surface area contributed by atoms with Gasteiger partial charge in [-0.1, -0.05) is 15.9 Å². The minimum Gasteiger partial charge on any atom is -0.427 e. The zero-order valence-electron chi connectivity index (χ0n) is 5.64. The molecule has 1 heterocycles. The molecular formula is C7H2Br2ClNO. The number of aromatic nitrogens is 1. The van der Waals surface area contributed by atoms with Crippen LogP contribution in [-0.2, 0) is 0 Å². The van der Waals surface area contributed by atoms with Crippen molar-refractivity contribution in [1.29, 1.82) is 0 Å². The maximum absolute atomic E-state index is 5.59. The van der Waals surface area contributed by atoms with Crippen LogP contribution in [0.25, 0.3) is 11.1 Å². The molecular weight excluding hydrogens is 309 g/mol. The number of hydrogen-bond acceptors (Lipinski definition) is 2. The fourth-order valence-electron chi connectivity index (χ4n) is 0.930. The van der Waals surface area contributed by atoms with Crippen LogP contribution < -0.4 is 0 Å². The highest BCUT2D eigenvalue weighted by Crippen LogP contribution is 2.29. The molecule has 1 aromatic heterocycles. The summed E-state index contributed by atoms with van der Waals surface area (Å²) in [6.45, 7) is 0. The van der Waals surface area contributed by atoms with Crippen LogP contribution in [0.1, 0.15) is 0 Å². The summed E-state index contributed by atoms with van der Waals surface area (Å²) in [5, 5.41) is 0.156. The molecule has 0 aliphatic heterocycles. The van der Waals surface area contributed by atoms with Gasteiger partial charge in [-0.2, -0.15) is 4.98 Å². The van der Waals surface area contributed by atoms with Gasteiger partial charge in [-0.05, 0) is 39.7 Å². The Morgan fingerprint density at radius 1 is 1.33 bits per heavy atom.